The standard InChI is InChI=1S/C8H21N9O/c9-7(10)14-1-3-17(5-6(18)16-13)4-2-15-8(11)12/h1-5,13H2,(H,16,18)(H4,9,10,14)(H4,11,12,15). The van der Waals surface area contributed by atoms with Gasteiger partial charge in [-0.05, 0) is 0 Å². The highest BCUT2D eigenvalue weighted by Gasteiger charge is 2.08. The number of hydrogen-bond acceptors (Lipinski definition) is 5. The molecule has 0 saturated carbocycles. The molecule has 104 valence electrons. The van der Waals surface area contributed by atoms with Crippen molar-refractivity contribution in [1.82, 2.24) is 10.3 Å². The highest BCUT2D eigenvalue weighted by Crippen LogP contribution is 1.89. The number of amides is 1. The number of hydrogen-bond donors (Lipinski definition) is 6. The van der Waals surface area contributed by atoms with Gasteiger partial charge in [0.15, 0.2) is 11.9 Å². The zero-order valence-corrected chi connectivity index (χ0v) is 10.2. The Morgan fingerprint density at radius 2 is 1.44 bits per heavy atom. The third-order valence-electron chi connectivity index (χ3n) is 1.95. The first-order chi connectivity index (χ1) is 8.45. The Hall–Kier alpha value is -2.07. The van der Waals surface area contributed by atoms with E-state index in [0.29, 0.717) is 26.2 Å². The summed E-state index contributed by atoms with van der Waals surface area (Å²) in [5, 5.41) is 0. The summed E-state index contributed by atoms with van der Waals surface area (Å²) in [7, 11) is 0. The van der Waals surface area contributed by atoms with E-state index in [9.17, 15) is 4.79 Å². The highest BCUT2D eigenvalue weighted by atomic mass is 16.2. The topological polar surface area (TPSA) is 187 Å². The van der Waals surface area contributed by atoms with Crippen molar-refractivity contribution in [2.45, 2.75) is 0 Å². The quantitative estimate of drug-likeness (QED) is 0.0837. The van der Waals surface area contributed by atoms with E-state index in [1.54, 1.807) is 4.90 Å². The molecule has 0 aromatic rings. The number of aliphatic imine (C=N–C) groups is 2. The zero-order valence-electron chi connectivity index (χ0n) is 10.2. The van der Waals surface area contributed by atoms with Gasteiger partial charge in [0.2, 0.25) is 5.91 Å². The Kier molecular flexibility index (Phi) is 7.98. The van der Waals surface area contributed by atoms with Crippen LogP contribution in [0.3, 0.4) is 0 Å². The lowest BCUT2D eigenvalue weighted by molar-refractivity contribution is -0.122. The number of nitrogens with one attached hydrogen (secondary N) is 1. The minimum absolute atomic E-state index is 0.00227. The van der Waals surface area contributed by atoms with Crippen LogP contribution in [0.4, 0.5) is 0 Å². The Morgan fingerprint density at radius 3 is 1.78 bits per heavy atom. The summed E-state index contributed by atoms with van der Waals surface area (Å²) in [6, 6.07) is 0. The molecule has 18 heavy (non-hydrogen) atoms. The molecule has 0 heterocycles. The minimum atomic E-state index is -0.315. The van der Waals surface area contributed by atoms with Gasteiger partial charge in [-0.2, -0.15) is 0 Å². The van der Waals surface area contributed by atoms with Crippen LogP contribution in [0.5, 0.6) is 0 Å². The number of nitrogens with zero attached hydrogens (tertiary/aromatic N) is 3. The number of nitrogens with two attached hydrogens (primary N) is 5. The number of carbonyl (C=O) groups excluding carboxylic acids is 1. The van der Waals surface area contributed by atoms with Gasteiger partial charge in [-0.3, -0.25) is 25.1 Å². The molecule has 10 nitrogen and oxygen atoms in total. The second kappa shape index (κ2) is 9.01. The molecule has 0 radical (unpaired) electrons. The van der Waals surface area contributed by atoms with E-state index in [-0.39, 0.29) is 24.4 Å². The lowest BCUT2D eigenvalue weighted by Crippen LogP contribution is -2.42. The maximum Gasteiger partial charge on any atom is 0.248 e. The zero-order chi connectivity index (χ0) is 14.0. The van der Waals surface area contributed by atoms with Crippen molar-refractivity contribution in [2.24, 2.45) is 38.8 Å². The van der Waals surface area contributed by atoms with Gasteiger partial charge in [0.25, 0.3) is 0 Å². The van der Waals surface area contributed by atoms with E-state index >= 15 is 0 Å². The molecule has 0 bridgehead atoms. The molecule has 0 atom stereocenters. The van der Waals surface area contributed by atoms with Crippen LogP contribution >= 0.6 is 0 Å². The van der Waals surface area contributed by atoms with Gasteiger partial charge >= 0.3 is 0 Å². The van der Waals surface area contributed by atoms with Crippen molar-refractivity contribution in [3.8, 4) is 0 Å². The second-order valence-electron chi connectivity index (χ2n) is 3.46. The lowest BCUT2D eigenvalue weighted by atomic mass is 10.4. The summed E-state index contributed by atoms with van der Waals surface area (Å²) in [5.41, 5.74) is 22.8. The summed E-state index contributed by atoms with van der Waals surface area (Å²) in [4.78, 5) is 20.6. The largest absolute Gasteiger partial charge is 0.370 e. The summed E-state index contributed by atoms with van der Waals surface area (Å²) in [6.45, 7) is 1.86. The summed E-state index contributed by atoms with van der Waals surface area (Å²) in [5.74, 6) is 4.70. The van der Waals surface area contributed by atoms with E-state index in [2.05, 4.69) is 9.98 Å². The second-order valence-corrected chi connectivity index (χ2v) is 3.46. The Morgan fingerprint density at radius 1 is 1.00 bits per heavy atom. The molecule has 10 heteroatoms. The van der Waals surface area contributed by atoms with Gasteiger partial charge in [-0.25, -0.2) is 5.84 Å². The van der Waals surface area contributed by atoms with Crippen molar-refractivity contribution >= 4 is 17.8 Å². The molecule has 0 fully saturated rings. The molecule has 0 aliphatic carbocycles. The van der Waals surface area contributed by atoms with Gasteiger partial charge in [0, 0.05) is 13.1 Å². The van der Waals surface area contributed by atoms with Gasteiger partial charge < -0.3 is 22.9 Å². The molecule has 1 amide bonds. The van der Waals surface area contributed by atoms with Crippen molar-refractivity contribution in [2.75, 3.05) is 32.7 Å². The van der Waals surface area contributed by atoms with Crippen LogP contribution in [0.25, 0.3) is 0 Å². The molecule has 0 rings (SSSR count). The molecule has 11 N–H and O–H groups in total. The lowest BCUT2D eigenvalue weighted by Gasteiger charge is -2.19. The smallest absolute Gasteiger partial charge is 0.248 e. The Bertz CT molecular complexity index is 284. The molecule has 0 spiro atoms. The molecule has 0 aromatic carbocycles. The van der Waals surface area contributed by atoms with Crippen molar-refractivity contribution in [1.29, 1.82) is 0 Å². The maximum atomic E-state index is 11.2. The van der Waals surface area contributed by atoms with Crippen LogP contribution in [-0.4, -0.2) is 55.4 Å². The number of hydrazine groups is 1. The molecule has 0 saturated heterocycles. The fourth-order valence-electron chi connectivity index (χ4n) is 1.16. The van der Waals surface area contributed by atoms with Gasteiger partial charge in [-0.1, -0.05) is 0 Å². The summed E-state index contributed by atoms with van der Waals surface area (Å²) >= 11 is 0. The van der Waals surface area contributed by atoms with Gasteiger partial charge in [0.05, 0.1) is 19.6 Å². The van der Waals surface area contributed by atoms with Crippen LogP contribution in [0.2, 0.25) is 0 Å². The summed E-state index contributed by atoms with van der Waals surface area (Å²) in [6.07, 6.45) is 0. The fraction of sp³-hybridized carbons (Fsp3) is 0.625. The van der Waals surface area contributed by atoms with E-state index in [1.807, 2.05) is 5.43 Å². The molecule has 0 aliphatic heterocycles. The molecule has 0 aliphatic rings. The third kappa shape index (κ3) is 9.18. The minimum Gasteiger partial charge on any atom is -0.370 e. The first kappa shape index (κ1) is 15.9. The predicted molar refractivity (Wildman–Crippen MR) is 70.1 cm³/mol. The highest BCUT2D eigenvalue weighted by molar-refractivity contribution is 5.77. The van der Waals surface area contributed by atoms with Crippen molar-refractivity contribution in [3.05, 3.63) is 0 Å². The van der Waals surface area contributed by atoms with Gasteiger partial charge in [-0.15, -0.1) is 0 Å². The Balaban J connectivity index is 4.19. The van der Waals surface area contributed by atoms with Gasteiger partial charge in [0.1, 0.15) is 0 Å². The van der Waals surface area contributed by atoms with Crippen LogP contribution in [0, 0.1) is 0 Å². The van der Waals surface area contributed by atoms with Crippen LogP contribution in [-0.2, 0) is 4.79 Å². The average Bonchev–Trinajstić information content (AvgIpc) is 2.27. The van der Waals surface area contributed by atoms with E-state index in [1.165, 1.54) is 0 Å². The first-order valence-electron chi connectivity index (χ1n) is 5.28. The number of guanidine groups is 2. The van der Waals surface area contributed by atoms with Crippen molar-refractivity contribution < 1.29 is 4.79 Å². The van der Waals surface area contributed by atoms with Crippen LogP contribution in [0.1, 0.15) is 0 Å². The third-order valence-corrected chi connectivity index (χ3v) is 1.95. The molecular weight excluding hydrogens is 238 g/mol. The molecule has 0 unspecified atom stereocenters. The Labute approximate surface area is 105 Å². The number of rotatable bonds is 8. The predicted octanol–water partition coefficient (Wildman–Crippen LogP) is -4.17. The van der Waals surface area contributed by atoms with E-state index in [0.717, 1.165) is 0 Å². The average molecular weight is 259 g/mol. The summed E-state index contributed by atoms with van der Waals surface area (Å²) < 4.78 is 0. The maximum absolute atomic E-state index is 11.2. The normalized spacial score (nSPS) is 9.89. The molecular formula is C8H21N9O. The number of carbonyl (C=O) groups is 1. The first-order valence-corrected chi connectivity index (χ1v) is 5.28. The van der Waals surface area contributed by atoms with Crippen LogP contribution < -0.4 is 34.2 Å². The monoisotopic (exact) mass is 259 g/mol. The molecule has 0 aromatic heterocycles. The van der Waals surface area contributed by atoms with Crippen molar-refractivity contribution in [3.63, 3.8) is 0 Å². The van der Waals surface area contributed by atoms with Crippen LogP contribution in [0.15, 0.2) is 9.98 Å². The van der Waals surface area contributed by atoms with E-state index in [4.69, 9.17) is 28.8 Å². The SMILES string of the molecule is NNC(=O)CN(CCN=C(N)N)CCN=C(N)N. The van der Waals surface area contributed by atoms with E-state index < -0.39 is 0 Å². The fourth-order valence-corrected chi connectivity index (χ4v) is 1.16.